The van der Waals surface area contributed by atoms with E-state index in [0.717, 1.165) is 24.6 Å². The van der Waals surface area contributed by atoms with E-state index in [1.807, 2.05) is 18.9 Å². The fraction of sp³-hybridized carbons (Fsp3) is 0.542. The standard InChI is InChI=1S/C24H43NO6SSi3/c1-21-14-16-22(17-15-21)32(27,28)23(24(26)29-3)13-11-18-25(2)19-12-20-35(10,30-33(4,5)6)31-34(7,8)9/h11,13-18H,12,19-20H2,1-10H3. The molecule has 7 nitrogen and oxygen atoms in total. The first-order valence-corrected chi connectivity index (χ1v) is 22.6. The number of aryl methyl sites for hydroxylation is 1. The predicted octanol–water partition coefficient (Wildman–Crippen LogP) is 5.44. The zero-order valence-corrected chi connectivity index (χ0v) is 26.8. The van der Waals surface area contributed by atoms with Crippen molar-refractivity contribution in [3.63, 3.8) is 0 Å². The average Bonchev–Trinajstić information content (AvgIpc) is 2.67. The van der Waals surface area contributed by atoms with Gasteiger partial charge < -0.3 is 17.9 Å². The van der Waals surface area contributed by atoms with E-state index >= 15 is 0 Å². The fourth-order valence-electron chi connectivity index (χ4n) is 3.63. The van der Waals surface area contributed by atoms with E-state index in [-0.39, 0.29) is 4.90 Å². The zero-order chi connectivity index (χ0) is 27.1. The Morgan fingerprint density at radius 1 is 0.971 bits per heavy atom. The van der Waals surface area contributed by atoms with Gasteiger partial charge in [0.1, 0.15) is 0 Å². The molecule has 1 aromatic rings. The number of esters is 1. The number of benzene rings is 1. The molecule has 1 rings (SSSR count). The maximum absolute atomic E-state index is 13.0. The van der Waals surface area contributed by atoms with E-state index in [1.54, 1.807) is 24.4 Å². The molecule has 1 aromatic carbocycles. The first kappa shape index (κ1) is 31.5. The summed E-state index contributed by atoms with van der Waals surface area (Å²) >= 11 is 0. The molecule has 0 aromatic heterocycles. The van der Waals surface area contributed by atoms with Crippen LogP contribution in [0.15, 0.2) is 52.4 Å². The predicted molar refractivity (Wildman–Crippen MR) is 150 cm³/mol. The third-order valence-corrected chi connectivity index (χ3v) is 16.2. The van der Waals surface area contributed by atoms with Crippen LogP contribution in [0.3, 0.4) is 0 Å². The number of nitrogens with zero attached hydrogens (tertiary/aromatic N) is 1. The molecular weight excluding hydrogens is 515 g/mol. The number of hydrogen-bond acceptors (Lipinski definition) is 7. The summed E-state index contributed by atoms with van der Waals surface area (Å²) in [4.78, 5) is 13.9. The molecule has 0 atom stereocenters. The molecule has 0 fully saturated rings. The molecule has 0 aliphatic heterocycles. The lowest BCUT2D eigenvalue weighted by Crippen LogP contribution is -2.52. The lowest BCUT2D eigenvalue weighted by molar-refractivity contribution is -0.135. The van der Waals surface area contributed by atoms with E-state index in [9.17, 15) is 13.2 Å². The number of allylic oxidation sites excluding steroid dienone is 2. The third kappa shape index (κ3) is 11.4. The van der Waals surface area contributed by atoms with Crippen LogP contribution in [0.25, 0.3) is 0 Å². The van der Waals surface area contributed by atoms with E-state index in [4.69, 9.17) is 13.0 Å². The van der Waals surface area contributed by atoms with Crippen LogP contribution in [-0.2, 0) is 27.6 Å². The number of ether oxygens (including phenoxy) is 1. The molecule has 0 amide bonds. The highest BCUT2D eigenvalue weighted by atomic mass is 32.2. The van der Waals surface area contributed by atoms with Crippen LogP contribution < -0.4 is 0 Å². The van der Waals surface area contributed by atoms with Gasteiger partial charge in [-0.25, -0.2) is 13.2 Å². The van der Waals surface area contributed by atoms with E-state index < -0.39 is 45.9 Å². The second-order valence-corrected chi connectivity index (χ2v) is 25.6. The van der Waals surface area contributed by atoms with E-state index in [0.29, 0.717) is 0 Å². The van der Waals surface area contributed by atoms with Crippen molar-refractivity contribution in [1.29, 1.82) is 0 Å². The van der Waals surface area contributed by atoms with Gasteiger partial charge in [0.15, 0.2) is 21.5 Å². The SMILES string of the molecule is COC(=O)C(=CC=CN(C)CCC[Si](C)(O[Si](C)(C)C)O[Si](C)(C)C)S(=O)(=O)c1ccc(C)cc1. The summed E-state index contributed by atoms with van der Waals surface area (Å²) in [6.45, 7) is 17.9. The van der Waals surface area contributed by atoms with Crippen molar-refractivity contribution in [3.05, 3.63) is 53.1 Å². The van der Waals surface area contributed by atoms with Crippen LogP contribution in [0.1, 0.15) is 12.0 Å². The Morgan fingerprint density at radius 2 is 1.49 bits per heavy atom. The number of sulfone groups is 1. The van der Waals surface area contributed by atoms with Crippen molar-refractivity contribution in [2.45, 2.75) is 70.1 Å². The molecule has 0 saturated heterocycles. The number of carbonyl (C=O) groups excluding carboxylic acids is 1. The van der Waals surface area contributed by atoms with Crippen molar-refractivity contribution in [2.24, 2.45) is 0 Å². The molecule has 35 heavy (non-hydrogen) atoms. The molecule has 0 spiro atoms. The topological polar surface area (TPSA) is 82.1 Å². The number of hydrogen-bond donors (Lipinski definition) is 0. The summed E-state index contributed by atoms with van der Waals surface area (Å²) in [6, 6.07) is 7.25. The molecule has 0 heterocycles. The number of rotatable bonds is 13. The second kappa shape index (κ2) is 12.6. The van der Waals surface area contributed by atoms with Crippen LogP contribution in [0, 0.1) is 6.92 Å². The summed E-state index contributed by atoms with van der Waals surface area (Å²) in [5.74, 6) is -0.897. The molecule has 198 valence electrons. The molecule has 0 N–H and O–H groups in total. The van der Waals surface area contributed by atoms with Crippen LogP contribution in [0.5, 0.6) is 0 Å². The number of carbonyl (C=O) groups is 1. The third-order valence-electron chi connectivity index (χ3n) is 4.78. The van der Waals surface area contributed by atoms with Gasteiger partial charge in [-0.1, -0.05) is 17.7 Å². The van der Waals surface area contributed by atoms with Gasteiger partial charge in [0.05, 0.1) is 12.0 Å². The van der Waals surface area contributed by atoms with Crippen molar-refractivity contribution in [1.82, 2.24) is 4.90 Å². The van der Waals surface area contributed by atoms with Crippen molar-refractivity contribution in [3.8, 4) is 0 Å². The highest BCUT2D eigenvalue weighted by Gasteiger charge is 2.39. The highest BCUT2D eigenvalue weighted by molar-refractivity contribution is 7.96. The van der Waals surface area contributed by atoms with Crippen LogP contribution in [0.4, 0.5) is 0 Å². The van der Waals surface area contributed by atoms with Gasteiger partial charge in [-0.05, 0) is 95.7 Å². The summed E-state index contributed by atoms with van der Waals surface area (Å²) in [5, 5.41) is 0. The minimum absolute atomic E-state index is 0.0514. The minimum Gasteiger partial charge on any atom is -0.465 e. The molecule has 0 bridgehead atoms. The first-order chi connectivity index (χ1) is 15.9. The van der Waals surface area contributed by atoms with E-state index in [2.05, 4.69) is 45.8 Å². The average molecular weight is 558 g/mol. The fourth-order valence-corrected chi connectivity index (χ4v) is 17.5. The van der Waals surface area contributed by atoms with Crippen molar-refractivity contribution < 1.29 is 26.2 Å². The summed E-state index contributed by atoms with van der Waals surface area (Å²) in [5.41, 5.74) is 0.929. The Bertz CT molecular complexity index is 993. The lowest BCUT2D eigenvalue weighted by Gasteiger charge is -2.38. The van der Waals surface area contributed by atoms with Crippen LogP contribution in [-0.4, -0.2) is 65.2 Å². The molecule has 0 unspecified atom stereocenters. The Kier molecular flexibility index (Phi) is 11.4. The van der Waals surface area contributed by atoms with Crippen molar-refractivity contribution in [2.75, 3.05) is 20.7 Å². The first-order valence-electron chi connectivity index (χ1n) is 11.8. The smallest absolute Gasteiger partial charge is 0.349 e. The Hall–Kier alpha value is -1.51. The molecule has 0 aliphatic carbocycles. The molecule has 0 radical (unpaired) electrons. The monoisotopic (exact) mass is 557 g/mol. The van der Waals surface area contributed by atoms with Crippen LogP contribution in [0.2, 0.25) is 51.9 Å². The van der Waals surface area contributed by atoms with Gasteiger partial charge in [-0.15, -0.1) is 0 Å². The van der Waals surface area contributed by atoms with Gasteiger partial charge >= 0.3 is 14.5 Å². The molecule has 11 heteroatoms. The number of methoxy groups -OCH3 is 1. The van der Waals surface area contributed by atoms with Crippen molar-refractivity contribution >= 4 is 41.0 Å². The maximum atomic E-state index is 13.0. The normalized spacial score (nSPS) is 13.8. The Morgan fingerprint density at radius 3 is 1.94 bits per heavy atom. The van der Waals surface area contributed by atoms with Gasteiger partial charge in [0, 0.05) is 13.6 Å². The van der Waals surface area contributed by atoms with E-state index in [1.165, 1.54) is 25.3 Å². The Balaban J connectivity index is 2.94. The van der Waals surface area contributed by atoms with Gasteiger partial charge in [-0.2, -0.15) is 0 Å². The van der Waals surface area contributed by atoms with Gasteiger partial charge in [-0.3, -0.25) is 0 Å². The molecule has 0 saturated carbocycles. The maximum Gasteiger partial charge on any atom is 0.349 e. The minimum atomic E-state index is -4.00. The summed E-state index contributed by atoms with van der Waals surface area (Å²) in [7, 11) is -6.71. The lowest BCUT2D eigenvalue weighted by atomic mass is 10.2. The quantitative estimate of drug-likeness (QED) is 0.138. The molecule has 0 aliphatic rings. The Labute approximate surface area is 215 Å². The zero-order valence-electron chi connectivity index (χ0n) is 23.0. The van der Waals surface area contributed by atoms with Gasteiger partial charge in [0.2, 0.25) is 9.84 Å². The van der Waals surface area contributed by atoms with Crippen LogP contribution >= 0.6 is 0 Å². The summed E-state index contributed by atoms with van der Waals surface area (Å²) in [6.07, 6.45) is 5.49. The second-order valence-electron chi connectivity index (χ2n) is 10.8. The highest BCUT2D eigenvalue weighted by Crippen LogP contribution is 2.26. The van der Waals surface area contributed by atoms with Gasteiger partial charge in [0.25, 0.3) is 0 Å². The largest absolute Gasteiger partial charge is 0.465 e. The summed E-state index contributed by atoms with van der Waals surface area (Å²) < 4.78 is 43.8. The molecular formula is C24H43NO6SSi3.